The van der Waals surface area contributed by atoms with Gasteiger partial charge < -0.3 is 9.84 Å². The van der Waals surface area contributed by atoms with Crippen LogP contribution in [0.15, 0.2) is 77.0 Å². The molecule has 5 heteroatoms. The summed E-state index contributed by atoms with van der Waals surface area (Å²) < 4.78 is 5.12. The van der Waals surface area contributed by atoms with Crippen LogP contribution < -0.4 is 4.74 Å². The van der Waals surface area contributed by atoms with Gasteiger partial charge in [0.25, 0.3) is 0 Å². The highest BCUT2D eigenvalue weighted by Crippen LogP contribution is 2.38. The molecule has 0 radical (unpaired) electrons. The van der Waals surface area contributed by atoms with E-state index in [0.717, 1.165) is 11.3 Å². The van der Waals surface area contributed by atoms with Crippen molar-refractivity contribution in [3.05, 3.63) is 72.3 Å². The van der Waals surface area contributed by atoms with E-state index in [4.69, 9.17) is 4.74 Å². The van der Waals surface area contributed by atoms with Gasteiger partial charge in [-0.3, -0.25) is 4.79 Å². The molecule has 3 aromatic rings. The molecule has 5 nitrogen and oxygen atoms in total. The topological polar surface area (TPSA) is 71.2 Å². The Bertz CT molecular complexity index is 904. The van der Waals surface area contributed by atoms with E-state index in [1.54, 1.807) is 18.2 Å². The second-order valence-corrected chi connectivity index (χ2v) is 5.32. The predicted molar refractivity (Wildman–Crippen MR) is 96.1 cm³/mol. The van der Waals surface area contributed by atoms with Crippen LogP contribution in [0.1, 0.15) is 10.4 Å². The number of ether oxygens (including phenoxy) is 1. The largest absolute Gasteiger partial charge is 0.504 e. The summed E-state index contributed by atoms with van der Waals surface area (Å²) in [6, 6.07) is 19.8. The van der Waals surface area contributed by atoms with Crippen molar-refractivity contribution in [2.24, 2.45) is 10.2 Å². The van der Waals surface area contributed by atoms with Crippen molar-refractivity contribution in [2.75, 3.05) is 7.11 Å². The molecule has 0 saturated heterocycles. The van der Waals surface area contributed by atoms with Crippen molar-refractivity contribution in [3.8, 4) is 22.6 Å². The molecule has 0 atom stereocenters. The van der Waals surface area contributed by atoms with E-state index in [1.165, 1.54) is 13.2 Å². The van der Waals surface area contributed by atoms with Crippen LogP contribution in [-0.4, -0.2) is 18.5 Å². The zero-order valence-electron chi connectivity index (χ0n) is 13.6. The number of hydrogen-bond acceptors (Lipinski definition) is 5. The zero-order chi connectivity index (χ0) is 17.6. The molecule has 0 bridgehead atoms. The number of phenolic OH excluding ortho intramolecular Hbond substituents is 1. The van der Waals surface area contributed by atoms with Crippen molar-refractivity contribution < 1.29 is 14.6 Å². The lowest BCUT2D eigenvalue weighted by Gasteiger charge is -2.10. The first-order chi connectivity index (χ1) is 12.2. The van der Waals surface area contributed by atoms with Gasteiger partial charge in [-0.15, -0.1) is 0 Å². The Kier molecular flexibility index (Phi) is 4.85. The lowest BCUT2D eigenvalue weighted by Crippen LogP contribution is -1.90. The minimum Gasteiger partial charge on any atom is -0.504 e. The fourth-order valence-corrected chi connectivity index (χ4v) is 2.39. The van der Waals surface area contributed by atoms with Gasteiger partial charge in [0.05, 0.1) is 18.5 Å². The Labute approximate surface area is 145 Å². The highest BCUT2D eigenvalue weighted by Gasteiger charge is 2.12. The van der Waals surface area contributed by atoms with Crippen molar-refractivity contribution in [1.82, 2.24) is 0 Å². The number of phenols is 1. The molecule has 0 aliphatic rings. The molecule has 0 spiro atoms. The van der Waals surface area contributed by atoms with Crippen molar-refractivity contribution in [2.45, 2.75) is 0 Å². The molecule has 1 N–H and O–H groups in total. The third-order valence-corrected chi connectivity index (χ3v) is 3.67. The van der Waals surface area contributed by atoms with Crippen molar-refractivity contribution in [3.63, 3.8) is 0 Å². The maximum atomic E-state index is 11.1. The van der Waals surface area contributed by atoms with Crippen LogP contribution in [-0.2, 0) is 0 Å². The van der Waals surface area contributed by atoms with Crippen LogP contribution in [0.2, 0.25) is 0 Å². The highest BCUT2D eigenvalue weighted by molar-refractivity contribution is 5.84. The second kappa shape index (κ2) is 7.40. The lowest BCUT2D eigenvalue weighted by molar-refractivity contribution is 0.112. The Balaban J connectivity index is 1.90. The van der Waals surface area contributed by atoms with Crippen LogP contribution in [0.5, 0.6) is 11.5 Å². The predicted octanol–water partition coefficient (Wildman–Crippen LogP) is 5.30. The van der Waals surface area contributed by atoms with E-state index < -0.39 is 0 Å². The fourth-order valence-electron chi connectivity index (χ4n) is 2.39. The first-order valence-electron chi connectivity index (χ1n) is 7.64. The first-order valence-corrected chi connectivity index (χ1v) is 7.64. The quantitative estimate of drug-likeness (QED) is 0.509. The molecule has 124 valence electrons. The summed E-state index contributed by atoms with van der Waals surface area (Å²) in [4.78, 5) is 11.1. The standard InChI is InChI=1S/C20H16N2O3/c1-25-19-12-14(13-23)11-18(20(19)24)15-7-9-17(10-8-15)22-21-16-5-3-2-4-6-16/h2-13,24H,1H3. The smallest absolute Gasteiger partial charge is 0.165 e. The van der Waals surface area contributed by atoms with E-state index in [2.05, 4.69) is 10.2 Å². The summed E-state index contributed by atoms with van der Waals surface area (Å²) in [6.07, 6.45) is 0.716. The van der Waals surface area contributed by atoms with Crippen LogP contribution in [0.3, 0.4) is 0 Å². The number of azo groups is 1. The molecule has 0 unspecified atom stereocenters. The minimum absolute atomic E-state index is 0.00763. The van der Waals surface area contributed by atoms with E-state index in [-0.39, 0.29) is 11.5 Å². The highest BCUT2D eigenvalue weighted by atomic mass is 16.5. The van der Waals surface area contributed by atoms with Crippen LogP contribution in [0.4, 0.5) is 11.4 Å². The molecule has 0 heterocycles. The van der Waals surface area contributed by atoms with Crippen LogP contribution in [0.25, 0.3) is 11.1 Å². The minimum atomic E-state index is -0.00763. The summed E-state index contributed by atoms with van der Waals surface area (Å²) in [6.45, 7) is 0. The summed E-state index contributed by atoms with van der Waals surface area (Å²) in [7, 11) is 1.44. The van der Waals surface area contributed by atoms with Crippen LogP contribution >= 0.6 is 0 Å². The van der Waals surface area contributed by atoms with Gasteiger partial charge in [-0.1, -0.05) is 30.3 Å². The van der Waals surface area contributed by atoms with E-state index in [0.29, 0.717) is 23.1 Å². The second-order valence-electron chi connectivity index (χ2n) is 5.32. The van der Waals surface area contributed by atoms with Crippen LogP contribution in [0, 0.1) is 0 Å². The monoisotopic (exact) mass is 332 g/mol. The normalized spacial score (nSPS) is 10.8. The van der Waals surface area contributed by atoms with Gasteiger partial charge >= 0.3 is 0 Å². The Morgan fingerprint density at radius 1 is 0.920 bits per heavy atom. The molecule has 3 rings (SSSR count). The molecule has 0 saturated carbocycles. The summed E-state index contributed by atoms with van der Waals surface area (Å²) in [5.41, 5.74) is 3.15. The third-order valence-electron chi connectivity index (χ3n) is 3.67. The van der Waals surface area contributed by atoms with Gasteiger partial charge in [-0.25, -0.2) is 0 Å². The van der Waals surface area contributed by atoms with E-state index in [1.807, 2.05) is 42.5 Å². The first kappa shape index (κ1) is 16.4. The number of aldehydes is 1. The van der Waals surface area contributed by atoms with Gasteiger partial charge in [0.2, 0.25) is 0 Å². The molecule has 0 aliphatic carbocycles. The van der Waals surface area contributed by atoms with Gasteiger partial charge in [0.15, 0.2) is 11.5 Å². The molecule has 3 aromatic carbocycles. The number of carbonyl (C=O) groups is 1. The maximum absolute atomic E-state index is 11.1. The number of rotatable bonds is 5. The number of aromatic hydroxyl groups is 1. The SMILES string of the molecule is COc1cc(C=O)cc(-c2ccc(N=Nc3ccccc3)cc2)c1O. The summed E-state index contributed by atoms with van der Waals surface area (Å²) >= 11 is 0. The molecule has 0 amide bonds. The fraction of sp³-hybridized carbons (Fsp3) is 0.0500. The Hall–Kier alpha value is -3.47. The molecule has 0 aliphatic heterocycles. The lowest BCUT2D eigenvalue weighted by atomic mass is 10.0. The average molecular weight is 332 g/mol. The molecule has 0 fully saturated rings. The third kappa shape index (κ3) is 3.72. The van der Waals surface area contributed by atoms with E-state index in [9.17, 15) is 9.90 Å². The number of methoxy groups -OCH3 is 1. The average Bonchev–Trinajstić information content (AvgIpc) is 2.68. The van der Waals surface area contributed by atoms with Gasteiger partial charge in [0, 0.05) is 11.1 Å². The number of hydrogen-bond donors (Lipinski definition) is 1. The Morgan fingerprint density at radius 2 is 1.56 bits per heavy atom. The zero-order valence-corrected chi connectivity index (χ0v) is 13.6. The molecular formula is C20H16N2O3. The van der Waals surface area contributed by atoms with Crippen molar-refractivity contribution >= 4 is 17.7 Å². The summed E-state index contributed by atoms with van der Waals surface area (Å²) in [5.74, 6) is 0.249. The van der Waals surface area contributed by atoms with Gasteiger partial charge in [-0.2, -0.15) is 10.2 Å². The number of nitrogens with zero attached hydrogens (tertiary/aromatic N) is 2. The van der Waals surface area contributed by atoms with E-state index >= 15 is 0 Å². The molecule has 0 aromatic heterocycles. The maximum Gasteiger partial charge on any atom is 0.165 e. The Morgan fingerprint density at radius 3 is 2.16 bits per heavy atom. The number of benzene rings is 3. The molecule has 25 heavy (non-hydrogen) atoms. The number of carbonyl (C=O) groups excluding carboxylic acids is 1. The van der Waals surface area contributed by atoms with Gasteiger partial charge in [0.1, 0.15) is 6.29 Å². The van der Waals surface area contributed by atoms with Gasteiger partial charge in [-0.05, 0) is 42.0 Å². The summed E-state index contributed by atoms with van der Waals surface area (Å²) in [5, 5.41) is 18.6. The van der Waals surface area contributed by atoms with Crippen molar-refractivity contribution in [1.29, 1.82) is 0 Å². The molecular weight excluding hydrogens is 316 g/mol.